The molecule has 98 valence electrons. The van der Waals surface area contributed by atoms with Crippen LogP contribution in [0.2, 0.25) is 0 Å². The minimum Gasteiger partial charge on any atom is -0.478 e. The molecule has 0 radical (unpaired) electrons. The molecule has 0 bridgehead atoms. The molecule has 2 nitrogen and oxygen atoms in total. The summed E-state index contributed by atoms with van der Waals surface area (Å²) in [6.07, 6.45) is 0. The summed E-state index contributed by atoms with van der Waals surface area (Å²) >= 11 is 0. The van der Waals surface area contributed by atoms with Gasteiger partial charge in [-0.05, 0) is 42.8 Å². The molecular weight excluding hydrogens is 257 g/mol. The fourth-order valence-corrected chi connectivity index (χ4v) is 1.72. The maximum absolute atomic E-state index is 13.7. The molecule has 0 saturated heterocycles. The van der Waals surface area contributed by atoms with Crippen LogP contribution < -0.4 is 0 Å². The van der Waals surface area contributed by atoms with Crippen molar-refractivity contribution in [2.75, 3.05) is 0 Å². The van der Waals surface area contributed by atoms with Gasteiger partial charge in [-0.2, -0.15) is 0 Å². The van der Waals surface area contributed by atoms with Crippen molar-refractivity contribution in [2.24, 2.45) is 0 Å². The molecule has 2 rings (SSSR count). The van der Waals surface area contributed by atoms with Crippen molar-refractivity contribution in [3.05, 3.63) is 58.9 Å². The van der Waals surface area contributed by atoms with Gasteiger partial charge in [0.2, 0.25) is 0 Å². The Bertz CT molecular complexity index is 666. The first-order valence-electron chi connectivity index (χ1n) is 5.39. The zero-order chi connectivity index (χ0) is 14.2. The van der Waals surface area contributed by atoms with Crippen LogP contribution >= 0.6 is 0 Å². The number of rotatable bonds is 2. The number of benzene rings is 2. The van der Waals surface area contributed by atoms with Gasteiger partial charge in [0.05, 0.1) is 5.56 Å². The Morgan fingerprint density at radius 1 is 0.947 bits per heavy atom. The summed E-state index contributed by atoms with van der Waals surface area (Å²) in [4.78, 5) is 10.8. The number of carboxylic acid groups (broad SMARTS) is 1. The van der Waals surface area contributed by atoms with Crippen LogP contribution in [0.5, 0.6) is 0 Å². The molecule has 0 unspecified atom stereocenters. The highest BCUT2D eigenvalue weighted by Gasteiger charge is 2.15. The van der Waals surface area contributed by atoms with Crippen LogP contribution in [0.15, 0.2) is 30.3 Å². The fraction of sp³-hybridized carbons (Fsp3) is 0.0714. The molecule has 2 aromatic carbocycles. The van der Waals surface area contributed by atoms with Crippen LogP contribution in [0, 0.1) is 24.4 Å². The monoisotopic (exact) mass is 266 g/mol. The molecule has 0 fully saturated rings. The highest BCUT2D eigenvalue weighted by molar-refractivity contribution is 5.89. The summed E-state index contributed by atoms with van der Waals surface area (Å²) in [7, 11) is 0. The number of hydrogen-bond acceptors (Lipinski definition) is 1. The van der Waals surface area contributed by atoms with E-state index in [-0.39, 0.29) is 22.3 Å². The second-order valence-electron chi connectivity index (χ2n) is 4.08. The molecule has 0 amide bonds. The van der Waals surface area contributed by atoms with Gasteiger partial charge in [-0.3, -0.25) is 0 Å². The van der Waals surface area contributed by atoms with E-state index in [1.54, 1.807) is 0 Å². The van der Waals surface area contributed by atoms with Crippen molar-refractivity contribution in [3.63, 3.8) is 0 Å². The van der Waals surface area contributed by atoms with Gasteiger partial charge in [0.1, 0.15) is 17.5 Å². The number of carboxylic acids is 1. The van der Waals surface area contributed by atoms with Crippen molar-refractivity contribution >= 4 is 5.97 Å². The lowest BCUT2D eigenvalue weighted by Crippen LogP contribution is -1.99. The van der Waals surface area contributed by atoms with Crippen LogP contribution in [-0.4, -0.2) is 11.1 Å². The molecule has 1 N–H and O–H groups in total. The number of hydrogen-bond donors (Lipinski definition) is 1. The Morgan fingerprint density at radius 2 is 1.58 bits per heavy atom. The zero-order valence-electron chi connectivity index (χ0n) is 9.88. The predicted octanol–water partition coefficient (Wildman–Crippen LogP) is 3.78. The first-order chi connectivity index (χ1) is 8.90. The molecule has 0 heterocycles. The normalized spacial score (nSPS) is 10.5. The lowest BCUT2D eigenvalue weighted by atomic mass is 10.0. The second kappa shape index (κ2) is 4.76. The van der Waals surface area contributed by atoms with E-state index in [1.165, 1.54) is 6.92 Å². The Hall–Kier alpha value is -2.30. The molecule has 2 aromatic rings. The first kappa shape index (κ1) is 13.1. The van der Waals surface area contributed by atoms with E-state index in [0.29, 0.717) is 0 Å². The number of aryl methyl sites for hydroxylation is 1. The summed E-state index contributed by atoms with van der Waals surface area (Å²) in [5.74, 6) is -3.57. The molecule has 5 heteroatoms. The summed E-state index contributed by atoms with van der Waals surface area (Å²) in [5, 5.41) is 8.82. The summed E-state index contributed by atoms with van der Waals surface area (Å²) in [6, 6.07) is 4.75. The molecule has 0 atom stereocenters. The molecule has 0 spiro atoms. The van der Waals surface area contributed by atoms with Crippen LogP contribution in [0.25, 0.3) is 11.1 Å². The highest BCUT2D eigenvalue weighted by Crippen LogP contribution is 2.28. The van der Waals surface area contributed by atoms with Gasteiger partial charge in [0, 0.05) is 11.1 Å². The molecule has 0 aromatic heterocycles. The van der Waals surface area contributed by atoms with Crippen LogP contribution in [0.1, 0.15) is 15.9 Å². The van der Waals surface area contributed by atoms with Gasteiger partial charge >= 0.3 is 5.97 Å². The van der Waals surface area contributed by atoms with E-state index in [9.17, 15) is 18.0 Å². The predicted molar refractivity (Wildman–Crippen MR) is 63.4 cm³/mol. The third kappa shape index (κ3) is 2.45. The molecule has 0 aliphatic rings. The molecule has 0 aliphatic heterocycles. The SMILES string of the molecule is Cc1cc(F)c(-c2cc(C(=O)O)ccc2F)cc1F. The first-order valence-corrected chi connectivity index (χ1v) is 5.39. The Labute approximate surface area is 107 Å². The van der Waals surface area contributed by atoms with E-state index in [1.807, 2.05) is 0 Å². The maximum Gasteiger partial charge on any atom is 0.335 e. The summed E-state index contributed by atoms with van der Waals surface area (Å²) < 4.78 is 40.8. The minimum atomic E-state index is -1.27. The number of carbonyl (C=O) groups is 1. The average molecular weight is 266 g/mol. The van der Waals surface area contributed by atoms with Crippen LogP contribution in [0.4, 0.5) is 13.2 Å². The van der Waals surface area contributed by atoms with Crippen molar-refractivity contribution in [3.8, 4) is 11.1 Å². The third-order valence-electron chi connectivity index (χ3n) is 2.75. The Balaban J connectivity index is 2.67. The van der Waals surface area contributed by atoms with Gasteiger partial charge in [-0.1, -0.05) is 0 Å². The van der Waals surface area contributed by atoms with Gasteiger partial charge in [0.25, 0.3) is 0 Å². The third-order valence-corrected chi connectivity index (χ3v) is 2.75. The largest absolute Gasteiger partial charge is 0.478 e. The minimum absolute atomic E-state index is 0.0936. The Morgan fingerprint density at radius 3 is 2.21 bits per heavy atom. The van der Waals surface area contributed by atoms with Crippen molar-refractivity contribution in [1.82, 2.24) is 0 Å². The average Bonchev–Trinajstić information content (AvgIpc) is 2.34. The molecule has 19 heavy (non-hydrogen) atoms. The van der Waals surface area contributed by atoms with E-state index in [4.69, 9.17) is 5.11 Å². The van der Waals surface area contributed by atoms with Gasteiger partial charge in [-0.25, -0.2) is 18.0 Å². The van der Waals surface area contributed by atoms with Gasteiger partial charge < -0.3 is 5.11 Å². The fourth-order valence-electron chi connectivity index (χ4n) is 1.72. The van der Waals surface area contributed by atoms with E-state index in [0.717, 1.165) is 30.3 Å². The quantitative estimate of drug-likeness (QED) is 0.898. The van der Waals surface area contributed by atoms with Crippen LogP contribution in [-0.2, 0) is 0 Å². The van der Waals surface area contributed by atoms with Crippen LogP contribution in [0.3, 0.4) is 0 Å². The highest BCUT2D eigenvalue weighted by atomic mass is 19.1. The van der Waals surface area contributed by atoms with Crippen molar-refractivity contribution in [1.29, 1.82) is 0 Å². The zero-order valence-corrected chi connectivity index (χ0v) is 9.88. The smallest absolute Gasteiger partial charge is 0.335 e. The standard InChI is InChI=1S/C14H9F3O2/c1-7-4-13(17)10(6-12(7)16)9-5-8(14(18)19)2-3-11(9)15/h2-6H,1H3,(H,18,19). The van der Waals surface area contributed by atoms with Gasteiger partial charge in [-0.15, -0.1) is 0 Å². The van der Waals surface area contributed by atoms with E-state index >= 15 is 0 Å². The molecule has 0 saturated carbocycles. The molecule has 0 aliphatic carbocycles. The summed E-state index contributed by atoms with van der Waals surface area (Å²) in [6.45, 7) is 1.38. The van der Waals surface area contributed by atoms with Crippen molar-refractivity contribution < 1.29 is 23.1 Å². The number of halogens is 3. The maximum atomic E-state index is 13.7. The van der Waals surface area contributed by atoms with Crippen molar-refractivity contribution in [2.45, 2.75) is 6.92 Å². The van der Waals surface area contributed by atoms with E-state index < -0.39 is 23.4 Å². The van der Waals surface area contributed by atoms with E-state index in [2.05, 4.69) is 0 Å². The summed E-state index contributed by atoms with van der Waals surface area (Å²) in [5.41, 5.74) is -0.687. The number of aromatic carboxylic acids is 1. The lowest BCUT2D eigenvalue weighted by molar-refractivity contribution is 0.0697. The van der Waals surface area contributed by atoms with Gasteiger partial charge in [0.15, 0.2) is 0 Å². The lowest BCUT2D eigenvalue weighted by Gasteiger charge is -2.08. The molecular formula is C14H9F3O2. The Kier molecular flexibility index (Phi) is 3.29. The second-order valence-corrected chi connectivity index (χ2v) is 4.08. The topological polar surface area (TPSA) is 37.3 Å².